The van der Waals surface area contributed by atoms with Crippen LogP contribution in [0.3, 0.4) is 0 Å². The molecule has 0 aromatic heterocycles. The summed E-state index contributed by atoms with van der Waals surface area (Å²) in [5, 5.41) is 38.9. The SMILES string of the molecule is CC(=O)N[C@@H](CCCCN)C(=O)NCCC(=O)Nc1cc(COC(=O)N(C)CCN(C)C(=O)OCC(=O)[C@@]23O[C@H](c4ccc(CC56CC(N)(C5)C6)cc4)O[C@@H]2C[C@H]2[C@@H]4CCC5=CC(=O)C=C[C@]5(C)[C@H]4[C@@H](C)C[C@@]23C)ccc1O[C@@H]1OC[C@@H](O)[C@H](O)[C@H]1O. The number of likely N-dealkylation sites (N-methyl/N-ethyl adjacent to an activating group) is 2. The highest BCUT2D eigenvalue weighted by Gasteiger charge is 2.76. The van der Waals surface area contributed by atoms with Crippen LogP contribution < -0.4 is 32.2 Å². The first-order valence-corrected chi connectivity index (χ1v) is 30.7. The van der Waals surface area contributed by atoms with E-state index in [2.05, 4.69) is 54.9 Å². The van der Waals surface area contributed by atoms with Gasteiger partial charge >= 0.3 is 12.2 Å². The van der Waals surface area contributed by atoms with Crippen molar-refractivity contribution in [3.63, 3.8) is 0 Å². The number of carbonyl (C=O) groups is 7. The van der Waals surface area contributed by atoms with Crippen LogP contribution in [-0.4, -0.2) is 168 Å². The van der Waals surface area contributed by atoms with Gasteiger partial charge in [0.15, 0.2) is 24.3 Å². The zero-order valence-corrected chi connectivity index (χ0v) is 50.8. The number of Topliss-reactive ketones (excluding diaryl/α,β-unsaturated/α-hetero) is 1. The molecule has 87 heavy (non-hydrogen) atoms. The van der Waals surface area contributed by atoms with E-state index >= 15 is 4.79 Å². The lowest BCUT2D eigenvalue weighted by Crippen LogP contribution is -2.72. The fourth-order valence-corrected chi connectivity index (χ4v) is 16.4. The fraction of sp³-hybridized carbons (Fsp3) is 0.641. The molecule has 23 heteroatoms. The van der Waals surface area contributed by atoms with Crippen molar-refractivity contribution in [1.82, 2.24) is 20.4 Å². The van der Waals surface area contributed by atoms with E-state index in [1.54, 1.807) is 6.08 Å². The molecule has 10 N–H and O–H groups in total. The van der Waals surface area contributed by atoms with Gasteiger partial charge in [0.05, 0.1) is 18.4 Å². The van der Waals surface area contributed by atoms with E-state index in [1.165, 1.54) is 60.2 Å². The highest BCUT2D eigenvalue weighted by atomic mass is 16.7. The van der Waals surface area contributed by atoms with Crippen molar-refractivity contribution in [3.8, 4) is 5.75 Å². The number of aliphatic hydroxyl groups is 3. The Labute approximate surface area is 507 Å². The Morgan fingerprint density at radius 3 is 2.31 bits per heavy atom. The summed E-state index contributed by atoms with van der Waals surface area (Å²) < 4.78 is 36.8. The maximum atomic E-state index is 15.3. The number of nitrogens with one attached hydrogen (secondary N) is 3. The molecule has 23 nitrogen and oxygen atoms in total. The summed E-state index contributed by atoms with van der Waals surface area (Å²) in [5.74, 6) is -1.16. The predicted octanol–water partition coefficient (Wildman–Crippen LogP) is 4.23. The van der Waals surface area contributed by atoms with E-state index in [0.29, 0.717) is 44.2 Å². The molecule has 6 saturated carbocycles. The Morgan fingerprint density at radius 1 is 0.920 bits per heavy atom. The van der Waals surface area contributed by atoms with Gasteiger partial charge in [-0.15, -0.1) is 0 Å². The minimum absolute atomic E-state index is 0.000426. The van der Waals surface area contributed by atoms with Crippen molar-refractivity contribution in [2.45, 2.75) is 166 Å². The number of nitrogens with two attached hydrogens (primary N) is 2. The van der Waals surface area contributed by atoms with Crippen LogP contribution in [0.15, 0.2) is 66.3 Å². The standard InChI is InChI=1S/C64H87N7O16/c1-36-28-61(4)44(43-16-15-41-26-42(73)18-20-60(41,3)52(36)43)27-50-64(61,87-56(86-50)40-13-10-38(11-14-40)29-62-33-63(66,34-62)35-62)49(75)32-84-59(81)71(6)24-23-70(5)58(80)83-30-39-12-17-48(85-57-54(78)53(77)47(74)31-82-57)46(25-39)69-51(76)19-22-67-55(79)45(68-37(2)72)9-7-8-21-65/h10-14,17-18,20,25-26,36,43-45,47,50,52-54,56-57,74,77-78H,7-9,15-16,19,21-24,27-35,65-66H2,1-6H3,(H,67,79)(H,68,72)(H,69,76)/t36-,43-,44-,45-,47+,50+,52-,53-,54+,56+,57-,60-,61-,62?,63?,64+/m0/s1. The van der Waals surface area contributed by atoms with E-state index in [-0.39, 0.29) is 108 Å². The third-order valence-corrected chi connectivity index (χ3v) is 20.4. The number of amides is 5. The highest BCUT2D eigenvalue weighted by Crippen LogP contribution is 2.72. The molecule has 2 aromatic carbocycles. The van der Waals surface area contributed by atoms with Crippen molar-refractivity contribution in [2.75, 3.05) is 58.8 Å². The van der Waals surface area contributed by atoms with E-state index in [1.807, 2.05) is 18.2 Å². The molecule has 0 spiro atoms. The maximum Gasteiger partial charge on any atom is 0.409 e. The molecule has 5 amide bonds. The van der Waals surface area contributed by atoms with Gasteiger partial charge in [0.2, 0.25) is 29.8 Å². The molecule has 8 fully saturated rings. The molecule has 0 radical (unpaired) electrons. The van der Waals surface area contributed by atoms with Crippen LogP contribution in [0.25, 0.3) is 0 Å². The quantitative estimate of drug-likeness (QED) is 0.0722. The van der Waals surface area contributed by atoms with Gasteiger partial charge in [0.1, 0.15) is 36.7 Å². The van der Waals surface area contributed by atoms with Gasteiger partial charge in [0, 0.05) is 69.0 Å². The first-order chi connectivity index (χ1) is 41.3. The van der Waals surface area contributed by atoms with Crippen LogP contribution in [0, 0.1) is 39.9 Å². The molecule has 2 aromatic rings. The Hall–Kier alpha value is -6.31. The lowest BCUT2D eigenvalue weighted by molar-refractivity contribution is -0.241. The first-order valence-electron chi connectivity index (χ1n) is 30.7. The summed E-state index contributed by atoms with van der Waals surface area (Å²) in [5.41, 5.74) is 13.5. The third kappa shape index (κ3) is 12.7. The molecule has 9 aliphatic rings. The van der Waals surface area contributed by atoms with Gasteiger partial charge in [-0.2, -0.15) is 0 Å². The number of benzene rings is 2. The number of fused-ring (bicyclic) bond motifs is 7. The molecular weight excluding hydrogens is 1120 g/mol. The number of anilines is 1. The van der Waals surface area contributed by atoms with Crippen LogP contribution in [0.2, 0.25) is 0 Å². The molecule has 474 valence electrons. The third-order valence-electron chi connectivity index (χ3n) is 20.4. The Kier molecular flexibility index (Phi) is 18.5. The number of aliphatic hydroxyl groups excluding tert-OH is 3. The second kappa shape index (κ2) is 25.3. The Balaban J connectivity index is 0.759. The minimum Gasteiger partial charge on any atom is -0.460 e. The number of hydrogen-bond acceptors (Lipinski definition) is 18. The summed E-state index contributed by atoms with van der Waals surface area (Å²) in [6.07, 6.45) is 4.98. The van der Waals surface area contributed by atoms with Gasteiger partial charge in [-0.3, -0.25) is 24.0 Å². The topological polar surface area (TPSA) is 330 Å². The molecule has 7 aliphatic carbocycles. The van der Waals surface area contributed by atoms with Crippen LogP contribution in [0.4, 0.5) is 15.3 Å². The fourth-order valence-electron chi connectivity index (χ4n) is 16.4. The van der Waals surface area contributed by atoms with Crippen LogP contribution >= 0.6 is 0 Å². The van der Waals surface area contributed by atoms with Crippen molar-refractivity contribution in [2.24, 2.45) is 51.4 Å². The van der Waals surface area contributed by atoms with Crippen molar-refractivity contribution in [3.05, 3.63) is 83.0 Å². The molecule has 2 heterocycles. The van der Waals surface area contributed by atoms with Gasteiger partial charge in [0.25, 0.3) is 0 Å². The van der Waals surface area contributed by atoms with Gasteiger partial charge in [-0.1, -0.05) is 62.8 Å². The van der Waals surface area contributed by atoms with Crippen LogP contribution in [-0.2, 0) is 60.7 Å². The van der Waals surface area contributed by atoms with Gasteiger partial charge in [-0.05, 0) is 142 Å². The lowest BCUT2D eigenvalue weighted by atomic mass is 9.38. The number of nitrogens with zero attached hydrogens (tertiary/aromatic N) is 2. The Bertz CT molecular complexity index is 3010. The van der Waals surface area contributed by atoms with Crippen molar-refractivity contribution < 1.29 is 77.3 Å². The number of allylic oxidation sites excluding steroid dienone is 4. The number of hydrogen-bond donors (Lipinski definition) is 8. The molecule has 2 saturated heterocycles. The number of ether oxygens (including phenoxy) is 6. The number of ketones is 2. The van der Waals surface area contributed by atoms with Gasteiger partial charge < -0.3 is 81.0 Å². The Morgan fingerprint density at radius 2 is 1.62 bits per heavy atom. The minimum atomic E-state index is -1.66. The second-order valence-corrected chi connectivity index (χ2v) is 26.7. The van der Waals surface area contributed by atoms with E-state index in [4.69, 9.17) is 39.9 Å². The van der Waals surface area contributed by atoms with Gasteiger partial charge in [-0.25, -0.2) is 9.59 Å². The van der Waals surface area contributed by atoms with E-state index in [0.717, 1.165) is 44.1 Å². The number of unbranched alkanes of at least 4 members (excludes halogenated alkanes) is 1. The molecule has 2 bridgehead atoms. The van der Waals surface area contributed by atoms with Crippen molar-refractivity contribution >= 4 is 47.2 Å². The smallest absolute Gasteiger partial charge is 0.409 e. The number of rotatable bonds is 23. The van der Waals surface area contributed by atoms with Crippen molar-refractivity contribution in [1.29, 1.82) is 0 Å². The zero-order valence-electron chi connectivity index (χ0n) is 50.8. The maximum absolute atomic E-state index is 15.3. The number of carbonyl (C=O) groups excluding carboxylic acids is 7. The normalized spacial score (nSPS) is 34.4. The summed E-state index contributed by atoms with van der Waals surface area (Å²) >= 11 is 0. The highest BCUT2D eigenvalue weighted by molar-refractivity contribution is 6.01. The zero-order chi connectivity index (χ0) is 62.4. The summed E-state index contributed by atoms with van der Waals surface area (Å²) in [7, 11) is 2.99. The predicted molar refractivity (Wildman–Crippen MR) is 315 cm³/mol. The molecule has 11 rings (SSSR count). The first kappa shape index (κ1) is 63.7. The summed E-state index contributed by atoms with van der Waals surface area (Å²) in [6, 6.07) is 11.9. The van der Waals surface area contributed by atoms with E-state index < -0.39 is 84.7 Å². The van der Waals surface area contributed by atoms with E-state index in [9.17, 15) is 44.1 Å². The molecule has 14 atom stereocenters. The monoisotopic (exact) mass is 1210 g/mol. The van der Waals surface area contributed by atoms with Crippen LogP contribution in [0.5, 0.6) is 5.75 Å². The molecule has 2 aliphatic heterocycles. The summed E-state index contributed by atoms with van der Waals surface area (Å²) in [6.45, 7) is 7.08. The molecular formula is C64H87N7O16. The summed E-state index contributed by atoms with van der Waals surface area (Å²) in [4.78, 5) is 95.6. The van der Waals surface area contributed by atoms with Crippen LogP contribution in [0.1, 0.15) is 121 Å². The molecule has 0 unspecified atom stereocenters. The average molecular weight is 1210 g/mol. The largest absolute Gasteiger partial charge is 0.460 e. The average Bonchev–Trinajstić information content (AvgIpc) is 1.66. The second-order valence-electron chi connectivity index (χ2n) is 26.7. The lowest BCUT2D eigenvalue weighted by Gasteiger charge is -2.69.